The molecule has 2 rings (SSSR count). The molecule has 0 radical (unpaired) electrons. The molecule has 0 spiro atoms. The van der Waals surface area contributed by atoms with E-state index in [2.05, 4.69) is 39.1 Å². The standard InChI is InChI=1S/C20H23NO2S/c1-12-10-13(2)15(4)20(14(12)3)24-11-19(23)21-18-9-7-6-8-17(18)16(5)22/h6-10H,11H2,1-5H3,(H,21,23). The van der Waals surface area contributed by atoms with E-state index < -0.39 is 0 Å². The molecule has 0 aromatic heterocycles. The van der Waals surface area contributed by atoms with Gasteiger partial charge in [-0.25, -0.2) is 0 Å². The molecule has 0 aliphatic rings. The van der Waals surface area contributed by atoms with Gasteiger partial charge in [-0.1, -0.05) is 18.2 Å². The number of para-hydroxylation sites is 1. The molecular weight excluding hydrogens is 318 g/mol. The third-order valence-electron chi connectivity index (χ3n) is 4.23. The van der Waals surface area contributed by atoms with E-state index in [1.165, 1.54) is 34.1 Å². The quantitative estimate of drug-likeness (QED) is 0.624. The van der Waals surface area contributed by atoms with Crippen molar-refractivity contribution in [2.45, 2.75) is 39.5 Å². The van der Waals surface area contributed by atoms with Crippen molar-refractivity contribution >= 4 is 29.1 Å². The van der Waals surface area contributed by atoms with Crippen LogP contribution in [0.25, 0.3) is 0 Å². The normalized spacial score (nSPS) is 10.5. The van der Waals surface area contributed by atoms with Crippen LogP contribution >= 0.6 is 11.8 Å². The van der Waals surface area contributed by atoms with Crippen LogP contribution in [0, 0.1) is 27.7 Å². The van der Waals surface area contributed by atoms with Crippen LogP contribution in [0.1, 0.15) is 39.5 Å². The number of carbonyl (C=O) groups is 2. The molecule has 126 valence electrons. The van der Waals surface area contributed by atoms with Crippen molar-refractivity contribution in [3.63, 3.8) is 0 Å². The fourth-order valence-electron chi connectivity index (χ4n) is 2.62. The lowest BCUT2D eigenvalue weighted by atomic mass is 10.0. The van der Waals surface area contributed by atoms with Gasteiger partial charge in [0, 0.05) is 10.5 Å². The first kappa shape index (κ1) is 18.3. The Labute approximate surface area is 147 Å². The van der Waals surface area contributed by atoms with Crippen molar-refractivity contribution in [3.8, 4) is 0 Å². The lowest BCUT2D eigenvalue weighted by Crippen LogP contribution is -2.16. The second kappa shape index (κ2) is 7.67. The maximum Gasteiger partial charge on any atom is 0.234 e. The summed E-state index contributed by atoms with van der Waals surface area (Å²) in [4.78, 5) is 25.1. The number of nitrogens with one attached hydrogen (secondary N) is 1. The molecule has 0 unspecified atom stereocenters. The summed E-state index contributed by atoms with van der Waals surface area (Å²) in [5.41, 5.74) is 6.03. The monoisotopic (exact) mass is 341 g/mol. The fraction of sp³-hybridized carbons (Fsp3) is 0.300. The summed E-state index contributed by atoms with van der Waals surface area (Å²) in [5, 5.41) is 2.85. The van der Waals surface area contributed by atoms with Crippen molar-refractivity contribution in [2.24, 2.45) is 0 Å². The van der Waals surface area contributed by atoms with Crippen LogP contribution in [-0.4, -0.2) is 17.4 Å². The maximum absolute atomic E-state index is 12.3. The minimum atomic E-state index is -0.105. The highest BCUT2D eigenvalue weighted by atomic mass is 32.2. The van der Waals surface area contributed by atoms with Gasteiger partial charge in [0.25, 0.3) is 0 Å². The number of hydrogen-bond donors (Lipinski definition) is 1. The van der Waals surface area contributed by atoms with Gasteiger partial charge in [-0.3, -0.25) is 9.59 Å². The van der Waals surface area contributed by atoms with Crippen LogP contribution in [0.2, 0.25) is 0 Å². The number of ketones is 1. The second-order valence-corrected chi connectivity index (χ2v) is 7.01. The third-order valence-corrected chi connectivity index (χ3v) is 5.53. The fourth-order valence-corrected chi connectivity index (χ4v) is 3.72. The van der Waals surface area contributed by atoms with Gasteiger partial charge in [-0.2, -0.15) is 0 Å². The zero-order chi connectivity index (χ0) is 17.9. The Kier molecular flexibility index (Phi) is 5.84. The molecule has 0 saturated carbocycles. The summed E-state index contributed by atoms with van der Waals surface area (Å²) in [7, 11) is 0. The van der Waals surface area contributed by atoms with E-state index in [1.807, 2.05) is 6.07 Å². The minimum Gasteiger partial charge on any atom is -0.325 e. The molecule has 1 N–H and O–H groups in total. The molecule has 0 bridgehead atoms. The van der Waals surface area contributed by atoms with Gasteiger partial charge in [-0.05, 0) is 69.0 Å². The van der Waals surface area contributed by atoms with Crippen molar-refractivity contribution in [1.29, 1.82) is 0 Å². The zero-order valence-corrected chi connectivity index (χ0v) is 15.6. The second-order valence-electron chi connectivity index (χ2n) is 6.03. The molecule has 0 heterocycles. The molecule has 1 amide bonds. The SMILES string of the molecule is CC(=O)c1ccccc1NC(=O)CSc1c(C)c(C)cc(C)c1C. The average molecular weight is 341 g/mol. The first-order valence-electron chi connectivity index (χ1n) is 7.91. The van der Waals surface area contributed by atoms with E-state index in [4.69, 9.17) is 0 Å². The number of anilines is 1. The van der Waals surface area contributed by atoms with E-state index >= 15 is 0 Å². The van der Waals surface area contributed by atoms with Gasteiger partial charge in [0.15, 0.2) is 5.78 Å². The molecule has 4 heteroatoms. The average Bonchev–Trinajstić information content (AvgIpc) is 2.53. The van der Waals surface area contributed by atoms with Gasteiger partial charge in [0.05, 0.1) is 11.4 Å². The van der Waals surface area contributed by atoms with Crippen LogP contribution < -0.4 is 5.32 Å². The lowest BCUT2D eigenvalue weighted by molar-refractivity contribution is -0.113. The Morgan fingerprint density at radius 2 is 1.58 bits per heavy atom. The van der Waals surface area contributed by atoms with Crippen LogP contribution in [0.4, 0.5) is 5.69 Å². The summed E-state index contributed by atoms with van der Waals surface area (Å²) in [6.07, 6.45) is 0. The number of rotatable bonds is 5. The van der Waals surface area contributed by atoms with E-state index in [0.29, 0.717) is 17.0 Å². The van der Waals surface area contributed by atoms with Crippen LogP contribution in [0.15, 0.2) is 35.2 Å². The van der Waals surface area contributed by atoms with Crippen molar-refractivity contribution in [1.82, 2.24) is 0 Å². The Balaban J connectivity index is 2.12. The predicted octanol–water partition coefficient (Wildman–Crippen LogP) is 4.85. The summed E-state index contributed by atoms with van der Waals surface area (Å²) in [5.74, 6) is 0.155. The highest BCUT2D eigenvalue weighted by Crippen LogP contribution is 2.31. The summed E-state index contributed by atoms with van der Waals surface area (Å²) < 4.78 is 0. The molecular formula is C20H23NO2S. The summed E-state index contributed by atoms with van der Waals surface area (Å²) >= 11 is 1.55. The summed E-state index contributed by atoms with van der Waals surface area (Å²) in [6, 6.07) is 9.27. The van der Waals surface area contributed by atoms with Gasteiger partial charge < -0.3 is 5.32 Å². The lowest BCUT2D eigenvalue weighted by Gasteiger charge is -2.15. The minimum absolute atomic E-state index is 0.0560. The Morgan fingerprint density at radius 3 is 2.17 bits per heavy atom. The number of aryl methyl sites for hydroxylation is 2. The number of benzene rings is 2. The van der Waals surface area contributed by atoms with Crippen LogP contribution in [-0.2, 0) is 4.79 Å². The van der Waals surface area contributed by atoms with E-state index in [0.717, 1.165) is 0 Å². The molecule has 24 heavy (non-hydrogen) atoms. The molecule has 0 aliphatic heterocycles. The largest absolute Gasteiger partial charge is 0.325 e. The maximum atomic E-state index is 12.3. The highest BCUT2D eigenvalue weighted by Gasteiger charge is 2.13. The first-order valence-corrected chi connectivity index (χ1v) is 8.89. The van der Waals surface area contributed by atoms with Crippen LogP contribution in [0.3, 0.4) is 0 Å². The highest BCUT2D eigenvalue weighted by molar-refractivity contribution is 8.00. The van der Waals surface area contributed by atoms with Gasteiger partial charge >= 0.3 is 0 Å². The predicted molar refractivity (Wildman–Crippen MR) is 101 cm³/mol. The molecule has 2 aromatic carbocycles. The van der Waals surface area contributed by atoms with Crippen molar-refractivity contribution in [2.75, 3.05) is 11.1 Å². The van der Waals surface area contributed by atoms with Crippen LogP contribution in [0.5, 0.6) is 0 Å². The van der Waals surface area contributed by atoms with Crippen molar-refractivity contribution in [3.05, 3.63) is 58.1 Å². The Morgan fingerprint density at radius 1 is 1.00 bits per heavy atom. The number of carbonyl (C=O) groups excluding carboxylic acids is 2. The number of amides is 1. The first-order chi connectivity index (χ1) is 11.3. The smallest absolute Gasteiger partial charge is 0.234 e. The molecule has 0 saturated heterocycles. The van der Waals surface area contributed by atoms with E-state index in [1.54, 1.807) is 30.0 Å². The number of Topliss-reactive ketones (excluding diaryl/α,β-unsaturated/α-hetero) is 1. The molecule has 2 aromatic rings. The topological polar surface area (TPSA) is 46.2 Å². The molecule has 0 aliphatic carbocycles. The van der Waals surface area contributed by atoms with Gasteiger partial charge in [-0.15, -0.1) is 11.8 Å². The van der Waals surface area contributed by atoms with E-state index in [-0.39, 0.29) is 11.7 Å². The number of hydrogen-bond acceptors (Lipinski definition) is 3. The third kappa shape index (κ3) is 4.06. The molecule has 0 fully saturated rings. The molecule has 0 atom stereocenters. The van der Waals surface area contributed by atoms with Gasteiger partial charge in [0.1, 0.15) is 0 Å². The summed E-state index contributed by atoms with van der Waals surface area (Å²) in [6.45, 7) is 9.87. The van der Waals surface area contributed by atoms with Gasteiger partial charge in [0.2, 0.25) is 5.91 Å². The van der Waals surface area contributed by atoms with E-state index in [9.17, 15) is 9.59 Å². The Bertz CT molecular complexity index is 770. The zero-order valence-electron chi connectivity index (χ0n) is 14.8. The molecule has 3 nitrogen and oxygen atoms in total. The number of thioether (sulfide) groups is 1. The Hall–Kier alpha value is -2.07. The van der Waals surface area contributed by atoms with Crippen molar-refractivity contribution < 1.29 is 9.59 Å².